The van der Waals surface area contributed by atoms with Crippen LogP contribution in [0, 0.1) is 34.5 Å². The standard InChI is InChI=1S/C22H42O3/c1-8-9-10-15-13-24-20(25-14-15)16-11-17(21(2,3)4)19(23)18(12-16)22(5,6)7/h15-20,23H,8-14H2,1-7H3. The largest absolute Gasteiger partial charge is 0.393 e. The predicted octanol–water partition coefficient (Wildman–Crippen LogP) is 5.26. The molecule has 0 radical (unpaired) electrons. The Morgan fingerprint density at radius 3 is 1.76 bits per heavy atom. The molecule has 2 aliphatic rings. The smallest absolute Gasteiger partial charge is 0.160 e. The van der Waals surface area contributed by atoms with Gasteiger partial charge in [0.25, 0.3) is 0 Å². The average molecular weight is 355 g/mol. The first-order chi connectivity index (χ1) is 11.5. The van der Waals surface area contributed by atoms with E-state index in [1.807, 2.05) is 0 Å². The molecule has 1 saturated heterocycles. The van der Waals surface area contributed by atoms with Crippen LogP contribution >= 0.6 is 0 Å². The molecule has 2 unspecified atom stereocenters. The number of aliphatic hydroxyl groups is 1. The lowest BCUT2D eigenvalue weighted by Gasteiger charge is -2.51. The van der Waals surface area contributed by atoms with Gasteiger partial charge in [0.2, 0.25) is 0 Å². The third-order valence-electron chi connectivity index (χ3n) is 6.51. The number of hydrogen-bond donors (Lipinski definition) is 1. The van der Waals surface area contributed by atoms with Crippen molar-refractivity contribution in [2.75, 3.05) is 13.2 Å². The van der Waals surface area contributed by atoms with Crippen molar-refractivity contribution in [3.05, 3.63) is 0 Å². The predicted molar refractivity (Wildman–Crippen MR) is 103 cm³/mol. The maximum atomic E-state index is 11.1. The fourth-order valence-electron chi connectivity index (χ4n) is 4.75. The second kappa shape index (κ2) is 8.27. The van der Waals surface area contributed by atoms with Gasteiger partial charge < -0.3 is 14.6 Å². The molecule has 1 N–H and O–H groups in total. The van der Waals surface area contributed by atoms with Crippen molar-refractivity contribution in [2.24, 2.45) is 34.5 Å². The summed E-state index contributed by atoms with van der Waals surface area (Å²) in [5, 5.41) is 11.1. The Hall–Kier alpha value is -0.120. The number of hydrogen-bond acceptors (Lipinski definition) is 3. The molecule has 1 aliphatic carbocycles. The Morgan fingerprint density at radius 2 is 1.36 bits per heavy atom. The van der Waals surface area contributed by atoms with Gasteiger partial charge in [0.15, 0.2) is 6.29 Å². The lowest BCUT2D eigenvalue weighted by Crippen LogP contribution is -2.51. The third kappa shape index (κ3) is 5.43. The quantitative estimate of drug-likeness (QED) is 0.748. The van der Waals surface area contributed by atoms with Crippen LogP contribution in [0.3, 0.4) is 0 Å². The molecule has 0 aromatic heterocycles. The summed E-state index contributed by atoms with van der Waals surface area (Å²) in [6.45, 7) is 17.4. The summed E-state index contributed by atoms with van der Waals surface area (Å²) in [5.74, 6) is 1.53. The number of aliphatic hydroxyl groups excluding tert-OH is 1. The Morgan fingerprint density at radius 1 is 0.880 bits per heavy atom. The van der Waals surface area contributed by atoms with E-state index < -0.39 is 0 Å². The summed E-state index contributed by atoms with van der Waals surface area (Å²) in [6, 6.07) is 0. The molecule has 0 aromatic rings. The molecule has 0 amide bonds. The lowest BCUT2D eigenvalue weighted by atomic mass is 9.58. The maximum absolute atomic E-state index is 11.1. The van der Waals surface area contributed by atoms with Gasteiger partial charge in [0.1, 0.15) is 0 Å². The van der Waals surface area contributed by atoms with E-state index in [2.05, 4.69) is 48.5 Å². The molecular weight excluding hydrogens is 312 g/mol. The van der Waals surface area contributed by atoms with Gasteiger partial charge in [-0.1, -0.05) is 61.3 Å². The van der Waals surface area contributed by atoms with Crippen LogP contribution in [0.5, 0.6) is 0 Å². The van der Waals surface area contributed by atoms with Crippen molar-refractivity contribution < 1.29 is 14.6 Å². The summed E-state index contributed by atoms with van der Waals surface area (Å²) < 4.78 is 12.4. The molecule has 0 aromatic carbocycles. The van der Waals surface area contributed by atoms with Gasteiger partial charge >= 0.3 is 0 Å². The van der Waals surface area contributed by atoms with Crippen molar-refractivity contribution in [3.63, 3.8) is 0 Å². The van der Waals surface area contributed by atoms with Crippen LogP contribution in [0.25, 0.3) is 0 Å². The summed E-state index contributed by atoms with van der Waals surface area (Å²) in [4.78, 5) is 0. The van der Waals surface area contributed by atoms with E-state index >= 15 is 0 Å². The van der Waals surface area contributed by atoms with E-state index in [0.29, 0.717) is 23.7 Å². The Labute approximate surface area is 155 Å². The third-order valence-corrected chi connectivity index (χ3v) is 6.51. The fourth-order valence-corrected chi connectivity index (χ4v) is 4.75. The number of ether oxygens (including phenoxy) is 2. The summed E-state index contributed by atoms with van der Waals surface area (Å²) in [6.07, 6.45) is 5.39. The lowest BCUT2D eigenvalue weighted by molar-refractivity contribution is -0.243. The highest BCUT2D eigenvalue weighted by molar-refractivity contribution is 4.96. The van der Waals surface area contributed by atoms with E-state index in [4.69, 9.17) is 9.47 Å². The van der Waals surface area contributed by atoms with Gasteiger partial charge in [0.05, 0.1) is 19.3 Å². The first kappa shape index (κ1) is 21.2. The Bertz CT molecular complexity index is 374. The highest BCUT2D eigenvalue weighted by atomic mass is 16.7. The molecule has 25 heavy (non-hydrogen) atoms. The van der Waals surface area contributed by atoms with Crippen LogP contribution in [0.15, 0.2) is 0 Å². The zero-order chi connectivity index (χ0) is 18.8. The molecule has 1 saturated carbocycles. The zero-order valence-electron chi connectivity index (χ0n) is 17.7. The first-order valence-electron chi connectivity index (χ1n) is 10.4. The van der Waals surface area contributed by atoms with E-state index in [9.17, 15) is 5.11 Å². The van der Waals surface area contributed by atoms with Crippen LogP contribution in [0.2, 0.25) is 0 Å². The van der Waals surface area contributed by atoms with Crippen LogP contribution in [-0.2, 0) is 9.47 Å². The van der Waals surface area contributed by atoms with Crippen molar-refractivity contribution in [1.29, 1.82) is 0 Å². The van der Waals surface area contributed by atoms with Gasteiger partial charge in [-0.15, -0.1) is 0 Å². The summed E-state index contributed by atoms with van der Waals surface area (Å²) >= 11 is 0. The monoisotopic (exact) mass is 354 g/mol. The van der Waals surface area contributed by atoms with Crippen molar-refractivity contribution >= 4 is 0 Å². The molecule has 2 rings (SSSR count). The molecule has 1 aliphatic heterocycles. The number of rotatable bonds is 4. The summed E-state index contributed by atoms with van der Waals surface area (Å²) in [5.41, 5.74) is 0.194. The van der Waals surface area contributed by atoms with Crippen molar-refractivity contribution in [1.82, 2.24) is 0 Å². The van der Waals surface area contributed by atoms with E-state index in [1.165, 1.54) is 19.3 Å². The average Bonchev–Trinajstić information content (AvgIpc) is 2.51. The van der Waals surface area contributed by atoms with Crippen LogP contribution in [0.1, 0.15) is 80.6 Å². The maximum Gasteiger partial charge on any atom is 0.160 e. The van der Waals surface area contributed by atoms with E-state index in [0.717, 1.165) is 26.1 Å². The van der Waals surface area contributed by atoms with Crippen molar-refractivity contribution in [3.8, 4) is 0 Å². The Kier molecular flexibility index (Phi) is 7.01. The van der Waals surface area contributed by atoms with Crippen LogP contribution < -0.4 is 0 Å². The highest BCUT2D eigenvalue weighted by Crippen LogP contribution is 2.49. The Balaban J connectivity index is 2.05. The van der Waals surface area contributed by atoms with Crippen LogP contribution in [0.4, 0.5) is 0 Å². The van der Waals surface area contributed by atoms with E-state index in [-0.39, 0.29) is 23.2 Å². The van der Waals surface area contributed by atoms with Gasteiger partial charge in [-0.3, -0.25) is 0 Å². The van der Waals surface area contributed by atoms with E-state index in [1.54, 1.807) is 0 Å². The molecule has 3 heteroatoms. The van der Waals surface area contributed by atoms with Crippen LogP contribution in [-0.4, -0.2) is 30.7 Å². The molecule has 0 bridgehead atoms. The molecular formula is C22H42O3. The van der Waals surface area contributed by atoms with Gasteiger partial charge in [0, 0.05) is 11.8 Å². The normalized spacial score (nSPS) is 37.9. The molecule has 1 heterocycles. The molecule has 2 atom stereocenters. The number of unbranched alkanes of at least 4 members (excludes halogenated alkanes) is 1. The van der Waals surface area contributed by atoms with Gasteiger partial charge in [-0.05, 0) is 41.9 Å². The van der Waals surface area contributed by atoms with Gasteiger partial charge in [-0.2, -0.15) is 0 Å². The zero-order valence-corrected chi connectivity index (χ0v) is 17.7. The second-order valence-electron chi connectivity index (χ2n) is 10.7. The van der Waals surface area contributed by atoms with Gasteiger partial charge in [-0.25, -0.2) is 0 Å². The van der Waals surface area contributed by atoms with Crippen molar-refractivity contribution in [2.45, 2.75) is 93.0 Å². The first-order valence-corrected chi connectivity index (χ1v) is 10.4. The summed E-state index contributed by atoms with van der Waals surface area (Å²) in [7, 11) is 0. The molecule has 3 nitrogen and oxygen atoms in total. The molecule has 148 valence electrons. The fraction of sp³-hybridized carbons (Fsp3) is 1.00. The second-order valence-corrected chi connectivity index (χ2v) is 10.7. The molecule has 0 spiro atoms. The SMILES string of the molecule is CCCCC1COC(C2CC(C(C)(C)C)C(O)C(C(C)(C)C)C2)OC1. The minimum atomic E-state index is -0.239. The minimum absolute atomic E-state index is 0.0833. The highest BCUT2D eigenvalue weighted by Gasteiger charge is 2.48. The minimum Gasteiger partial charge on any atom is -0.393 e. The molecule has 2 fully saturated rings. The topological polar surface area (TPSA) is 38.7 Å².